The lowest BCUT2D eigenvalue weighted by molar-refractivity contribution is -0.140. The van der Waals surface area contributed by atoms with Crippen molar-refractivity contribution in [1.82, 2.24) is 10.2 Å². The molecule has 1 saturated heterocycles. The molecule has 1 fully saturated rings. The zero-order valence-electron chi connectivity index (χ0n) is 8.32. The summed E-state index contributed by atoms with van der Waals surface area (Å²) in [7, 11) is 2.04. The molecule has 1 rings (SSSR count). The number of carbonyl (C=O) groups excluding carboxylic acids is 1. The van der Waals surface area contributed by atoms with Gasteiger partial charge in [-0.25, -0.2) is 0 Å². The number of nitrogens with one attached hydrogen (secondary N) is 1. The Balaban J connectivity index is 2.14. The zero-order chi connectivity index (χ0) is 10.6. The van der Waals surface area contributed by atoms with E-state index in [1.165, 1.54) is 0 Å². The molecule has 0 aromatic heterocycles. The van der Waals surface area contributed by atoms with Crippen LogP contribution in [0.2, 0.25) is 0 Å². The summed E-state index contributed by atoms with van der Waals surface area (Å²) in [5.41, 5.74) is 0. The van der Waals surface area contributed by atoms with Gasteiger partial charge in [-0.2, -0.15) is 0 Å². The molecule has 1 unspecified atom stereocenters. The summed E-state index contributed by atoms with van der Waals surface area (Å²) in [4.78, 5) is 23.4. The van der Waals surface area contributed by atoms with Crippen LogP contribution < -0.4 is 5.32 Å². The lowest BCUT2D eigenvalue weighted by Crippen LogP contribution is -2.31. The van der Waals surface area contributed by atoms with E-state index >= 15 is 0 Å². The molecule has 0 saturated carbocycles. The first-order valence-electron chi connectivity index (χ1n) is 4.75. The standard InChI is InChI=1S/C9H16N2O3/c1-11-3-2-7(6-11)5-10-8(12)4-9(13)14/h7H,2-6H2,1H3,(H,10,12)(H,13,14). The minimum absolute atomic E-state index is 0.396. The Morgan fingerprint density at radius 1 is 1.57 bits per heavy atom. The summed E-state index contributed by atoms with van der Waals surface area (Å²) >= 11 is 0. The SMILES string of the molecule is CN1CCC(CNC(=O)CC(=O)O)C1. The molecule has 0 radical (unpaired) electrons. The average Bonchev–Trinajstić information content (AvgIpc) is 2.47. The van der Waals surface area contributed by atoms with Gasteiger partial charge in [-0.15, -0.1) is 0 Å². The van der Waals surface area contributed by atoms with Gasteiger partial charge in [0.15, 0.2) is 0 Å². The van der Waals surface area contributed by atoms with Gasteiger partial charge in [0.05, 0.1) is 0 Å². The van der Waals surface area contributed by atoms with E-state index in [2.05, 4.69) is 10.2 Å². The molecule has 1 heterocycles. The molecule has 1 aliphatic rings. The van der Waals surface area contributed by atoms with Gasteiger partial charge in [-0.1, -0.05) is 0 Å². The fourth-order valence-electron chi connectivity index (χ4n) is 1.65. The monoisotopic (exact) mass is 200 g/mol. The number of nitrogens with zero attached hydrogens (tertiary/aromatic N) is 1. The minimum Gasteiger partial charge on any atom is -0.481 e. The predicted molar refractivity (Wildman–Crippen MR) is 50.9 cm³/mol. The number of hydrogen-bond donors (Lipinski definition) is 2. The molecule has 2 N–H and O–H groups in total. The number of hydrogen-bond acceptors (Lipinski definition) is 3. The topological polar surface area (TPSA) is 69.6 Å². The van der Waals surface area contributed by atoms with Crippen molar-refractivity contribution >= 4 is 11.9 Å². The summed E-state index contributed by atoms with van der Waals surface area (Å²) in [6, 6.07) is 0. The van der Waals surface area contributed by atoms with Crippen LogP contribution in [-0.4, -0.2) is 48.6 Å². The molecule has 0 aromatic carbocycles. The van der Waals surface area contributed by atoms with E-state index in [0.717, 1.165) is 19.5 Å². The smallest absolute Gasteiger partial charge is 0.312 e. The molecule has 5 heteroatoms. The van der Waals surface area contributed by atoms with E-state index < -0.39 is 18.3 Å². The molecule has 1 atom stereocenters. The van der Waals surface area contributed by atoms with Gasteiger partial charge in [-0.3, -0.25) is 9.59 Å². The molecule has 14 heavy (non-hydrogen) atoms. The Morgan fingerprint density at radius 3 is 2.79 bits per heavy atom. The van der Waals surface area contributed by atoms with Crippen LogP contribution in [0.1, 0.15) is 12.8 Å². The van der Waals surface area contributed by atoms with Gasteiger partial charge < -0.3 is 15.3 Å². The number of carboxylic acid groups (broad SMARTS) is 1. The van der Waals surface area contributed by atoms with Gasteiger partial charge in [0.2, 0.25) is 5.91 Å². The first-order chi connectivity index (χ1) is 6.58. The summed E-state index contributed by atoms with van der Waals surface area (Å²) in [5.74, 6) is -1.00. The maximum absolute atomic E-state index is 11.0. The van der Waals surface area contributed by atoms with Gasteiger partial charge in [0, 0.05) is 13.1 Å². The van der Waals surface area contributed by atoms with Crippen molar-refractivity contribution in [2.45, 2.75) is 12.8 Å². The third kappa shape index (κ3) is 3.74. The van der Waals surface area contributed by atoms with Crippen molar-refractivity contribution < 1.29 is 14.7 Å². The third-order valence-corrected chi connectivity index (χ3v) is 2.39. The molecule has 5 nitrogen and oxygen atoms in total. The van der Waals surface area contributed by atoms with Crippen molar-refractivity contribution in [3.8, 4) is 0 Å². The van der Waals surface area contributed by atoms with Crippen LogP contribution in [0.3, 0.4) is 0 Å². The minimum atomic E-state index is -1.08. The van der Waals surface area contributed by atoms with Crippen LogP contribution in [0.25, 0.3) is 0 Å². The fraction of sp³-hybridized carbons (Fsp3) is 0.778. The first-order valence-corrected chi connectivity index (χ1v) is 4.75. The number of likely N-dealkylation sites (tertiary alicyclic amines) is 1. The van der Waals surface area contributed by atoms with Crippen LogP contribution in [0.15, 0.2) is 0 Å². The summed E-state index contributed by atoms with van der Waals surface area (Å²) in [5, 5.41) is 11.0. The number of aliphatic carboxylic acids is 1. The van der Waals surface area contributed by atoms with Gasteiger partial charge >= 0.3 is 5.97 Å². The normalized spacial score (nSPS) is 22.2. The molecule has 80 valence electrons. The van der Waals surface area contributed by atoms with E-state index in [-0.39, 0.29) is 0 Å². The third-order valence-electron chi connectivity index (χ3n) is 2.39. The Labute approximate surface area is 83.1 Å². The average molecular weight is 200 g/mol. The quantitative estimate of drug-likeness (QED) is 0.602. The van der Waals surface area contributed by atoms with Crippen LogP contribution in [0, 0.1) is 5.92 Å². The molecule has 1 aliphatic heterocycles. The number of amides is 1. The zero-order valence-corrected chi connectivity index (χ0v) is 8.32. The number of rotatable bonds is 4. The molecule has 0 aromatic rings. The second kappa shape index (κ2) is 4.95. The van der Waals surface area contributed by atoms with Crippen molar-refractivity contribution in [3.63, 3.8) is 0 Å². The lowest BCUT2D eigenvalue weighted by Gasteiger charge is -2.10. The van der Waals surface area contributed by atoms with Crippen molar-refractivity contribution in [3.05, 3.63) is 0 Å². The highest BCUT2D eigenvalue weighted by Crippen LogP contribution is 2.12. The van der Waals surface area contributed by atoms with Crippen LogP contribution in [-0.2, 0) is 9.59 Å². The maximum Gasteiger partial charge on any atom is 0.312 e. The molecule has 0 aliphatic carbocycles. The van der Waals surface area contributed by atoms with Crippen molar-refractivity contribution in [2.24, 2.45) is 5.92 Å². The predicted octanol–water partition coefficient (Wildman–Crippen LogP) is -0.471. The summed E-state index contributed by atoms with van der Waals surface area (Å²) in [6.45, 7) is 2.63. The Bertz CT molecular complexity index is 230. The highest BCUT2D eigenvalue weighted by atomic mass is 16.4. The Morgan fingerprint density at radius 2 is 2.29 bits per heavy atom. The van der Waals surface area contributed by atoms with Crippen molar-refractivity contribution in [1.29, 1.82) is 0 Å². The van der Waals surface area contributed by atoms with E-state index in [1.54, 1.807) is 0 Å². The van der Waals surface area contributed by atoms with Crippen LogP contribution in [0.4, 0.5) is 0 Å². The van der Waals surface area contributed by atoms with Gasteiger partial charge in [-0.05, 0) is 25.9 Å². The highest BCUT2D eigenvalue weighted by molar-refractivity contribution is 5.93. The largest absolute Gasteiger partial charge is 0.481 e. The van der Waals surface area contributed by atoms with E-state index in [9.17, 15) is 9.59 Å². The van der Waals surface area contributed by atoms with Crippen LogP contribution in [0.5, 0.6) is 0 Å². The highest BCUT2D eigenvalue weighted by Gasteiger charge is 2.19. The van der Waals surface area contributed by atoms with Crippen LogP contribution >= 0.6 is 0 Å². The maximum atomic E-state index is 11.0. The van der Waals surface area contributed by atoms with E-state index in [1.807, 2.05) is 7.05 Å². The second-order valence-electron chi connectivity index (χ2n) is 3.79. The molecular weight excluding hydrogens is 184 g/mol. The molecule has 0 spiro atoms. The van der Waals surface area contributed by atoms with E-state index in [0.29, 0.717) is 12.5 Å². The van der Waals surface area contributed by atoms with Crippen molar-refractivity contribution in [2.75, 3.05) is 26.7 Å². The molecular formula is C9H16N2O3. The summed E-state index contributed by atoms with van der Waals surface area (Å²) in [6.07, 6.45) is 0.645. The van der Waals surface area contributed by atoms with Gasteiger partial charge in [0.1, 0.15) is 6.42 Å². The Kier molecular flexibility index (Phi) is 3.88. The molecule has 0 bridgehead atoms. The fourth-order valence-corrected chi connectivity index (χ4v) is 1.65. The molecule has 1 amide bonds. The van der Waals surface area contributed by atoms with E-state index in [4.69, 9.17) is 5.11 Å². The first kappa shape index (κ1) is 11.0. The number of carboxylic acids is 1. The Hall–Kier alpha value is -1.10. The van der Waals surface area contributed by atoms with Gasteiger partial charge in [0.25, 0.3) is 0 Å². The second-order valence-corrected chi connectivity index (χ2v) is 3.79. The summed E-state index contributed by atoms with van der Waals surface area (Å²) < 4.78 is 0. The lowest BCUT2D eigenvalue weighted by atomic mass is 10.1. The number of carbonyl (C=O) groups is 2.